The molecule has 0 aliphatic rings. The van der Waals surface area contributed by atoms with Crippen LogP contribution in [0.1, 0.15) is 25.3 Å². The largest absolute Gasteiger partial charge is 0.398 e. The molecule has 0 saturated heterocycles. The van der Waals surface area contributed by atoms with Crippen LogP contribution in [0.3, 0.4) is 0 Å². The molecule has 1 aromatic heterocycles. The molecule has 0 saturated carbocycles. The van der Waals surface area contributed by atoms with Gasteiger partial charge in [-0.3, -0.25) is 0 Å². The molecule has 0 fully saturated rings. The molecule has 2 nitrogen and oxygen atoms in total. The van der Waals surface area contributed by atoms with Gasteiger partial charge in [-0.1, -0.05) is 13.8 Å². The molecule has 2 N–H and O–H groups in total. The standard InChI is InChI=1S/C8H11BrN2/c1-5(2)6-4-11-8(9)3-7(6)10/h3-5H,1-2H3,(H2,10,11). The number of nitrogens with two attached hydrogens (primary N) is 1. The molecule has 1 rings (SSSR count). The van der Waals surface area contributed by atoms with Crippen LogP contribution in [0.25, 0.3) is 0 Å². The second-order valence-corrected chi connectivity index (χ2v) is 3.60. The van der Waals surface area contributed by atoms with Gasteiger partial charge in [-0.2, -0.15) is 0 Å². The molecule has 0 unspecified atom stereocenters. The Bertz CT molecular complexity index is 258. The van der Waals surface area contributed by atoms with Crippen molar-refractivity contribution in [2.24, 2.45) is 0 Å². The molecule has 1 aromatic rings. The Labute approximate surface area is 75.0 Å². The number of hydrogen-bond acceptors (Lipinski definition) is 2. The van der Waals surface area contributed by atoms with Crippen LogP contribution in [0.2, 0.25) is 0 Å². The van der Waals surface area contributed by atoms with E-state index in [9.17, 15) is 0 Å². The number of anilines is 1. The molecule has 0 amide bonds. The van der Waals surface area contributed by atoms with E-state index < -0.39 is 0 Å². The van der Waals surface area contributed by atoms with Gasteiger partial charge in [-0.15, -0.1) is 0 Å². The van der Waals surface area contributed by atoms with Crippen LogP contribution in [-0.4, -0.2) is 4.98 Å². The number of pyridine rings is 1. The van der Waals surface area contributed by atoms with Crippen molar-refractivity contribution in [1.82, 2.24) is 4.98 Å². The third-order valence-electron chi connectivity index (χ3n) is 1.56. The topological polar surface area (TPSA) is 38.9 Å². The van der Waals surface area contributed by atoms with Gasteiger partial charge in [0.2, 0.25) is 0 Å². The average Bonchev–Trinajstić information content (AvgIpc) is 1.85. The van der Waals surface area contributed by atoms with Crippen molar-refractivity contribution in [3.8, 4) is 0 Å². The van der Waals surface area contributed by atoms with Crippen LogP contribution in [-0.2, 0) is 0 Å². The van der Waals surface area contributed by atoms with E-state index in [1.165, 1.54) is 0 Å². The van der Waals surface area contributed by atoms with Crippen LogP contribution < -0.4 is 5.73 Å². The Morgan fingerprint density at radius 1 is 1.55 bits per heavy atom. The van der Waals surface area contributed by atoms with Gasteiger partial charge in [0.05, 0.1) is 0 Å². The SMILES string of the molecule is CC(C)c1cnc(Br)cc1N. The van der Waals surface area contributed by atoms with Crippen LogP contribution in [0.15, 0.2) is 16.9 Å². The van der Waals surface area contributed by atoms with Gasteiger partial charge in [-0.05, 0) is 33.5 Å². The van der Waals surface area contributed by atoms with Crippen LogP contribution in [0.4, 0.5) is 5.69 Å². The maximum Gasteiger partial charge on any atom is 0.108 e. The van der Waals surface area contributed by atoms with Crippen molar-refractivity contribution < 1.29 is 0 Å². The van der Waals surface area contributed by atoms with Crippen molar-refractivity contribution in [2.45, 2.75) is 19.8 Å². The van der Waals surface area contributed by atoms with Gasteiger partial charge in [-0.25, -0.2) is 4.98 Å². The smallest absolute Gasteiger partial charge is 0.108 e. The lowest BCUT2D eigenvalue weighted by Crippen LogP contribution is -1.97. The maximum atomic E-state index is 5.75. The van der Waals surface area contributed by atoms with E-state index in [2.05, 4.69) is 34.8 Å². The Kier molecular flexibility index (Phi) is 2.49. The fourth-order valence-corrected chi connectivity index (χ4v) is 1.29. The summed E-state index contributed by atoms with van der Waals surface area (Å²) in [5, 5.41) is 0. The fraction of sp³-hybridized carbons (Fsp3) is 0.375. The molecule has 0 aliphatic carbocycles. The van der Waals surface area contributed by atoms with Crippen molar-refractivity contribution in [1.29, 1.82) is 0 Å². The van der Waals surface area contributed by atoms with E-state index in [1.54, 1.807) is 0 Å². The lowest BCUT2D eigenvalue weighted by molar-refractivity contribution is 0.860. The first-order valence-electron chi connectivity index (χ1n) is 3.52. The third kappa shape index (κ3) is 1.93. The summed E-state index contributed by atoms with van der Waals surface area (Å²) in [6.07, 6.45) is 1.81. The number of rotatable bonds is 1. The van der Waals surface area contributed by atoms with Gasteiger partial charge in [0.25, 0.3) is 0 Å². The zero-order chi connectivity index (χ0) is 8.43. The van der Waals surface area contributed by atoms with E-state index in [-0.39, 0.29) is 0 Å². The summed E-state index contributed by atoms with van der Waals surface area (Å²) >= 11 is 3.25. The third-order valence-corrected chi connectivity index (χ3v) is 1.99. The second kappa shape index (κ2) is 3.22. The summed E-state index contributed by atoms with van der Waals surface area (Å²) in [5.74, 6) is 0.440. The molecular formula is C8H11BrN2. The summed E-state index contributed by atoms with van der Waals surface area (Å²) in [4.78, 5) is 4.10. The molecule has 0 aliphatic heterocycles. The van der Waals surface area contributed by atoms with E-state index >= 15 is 0 Å². The summed E-state index contributed by atoms with van der Waals surface area (Å²) in [7, 11) is 0. The number of hydrogen-bond donors (Lipinski definition) is 1. The zero-order valence-corrected chi connectivity index (χ0v) is 8.22. The van der Waals surface area contributed by atoms with E-state index in [0.717, 1.165) is 15.9 Å². The molecule has 3 heteroatoms. The monoisotopic (exact) mass is 214 g/mol. The molecule has 0 aromatic carbocycles. The molecule has 1 heterocycles. The second-order valence-electron chi connectivity index (χ2n) is 2.79. The van der Waals surface area contributed by atoms with E-state index in [0.29, 0.717) is 5.92 Å². The highest BCUT2D eigenvalue weighted by Crippen LogP contribution is 2.22. The summed E-state index contributed by atoms with van der Waals surface area (Å²) in [6, 6.07) is 1.83. The molecule has 60 valence electrons. The predicted molar refractivity (Wildman–Crippen MR) is 50.4 cm³/mol. The highest BCUT2D eigenvalue weighted by Gasteiger charge is 2.03. The normalized spacial score (nSPS) is 10.5. The average molecular weight is 215 g/mol. The van der Waals surface area contributed by atoms with Gasteiger partial charge >= 0.3 is 0 Å². The Morgan fingerprint density at radius 2 is 2.18 bits per heavy atom. The Hall–Kier alpha value is -0.570. The first-order chi connectivity index (χ1) is 5.11. The molecule has 0 radical (unpaired) electrons. The number of aromatic nitrogens is 1. The number of nitrogen functional groups attached to an aromatic ring is 1. The zero-order valence-electron chi connectivity index (χ0n) is 6.63. The predicted octanol–water partition coefficient (Wildman–Crippen LogP) is 2.55. The van der Waals surface area contributed by atoms with E-state index in [1.807, 2.05) is 12.3 Å². The minimum atomic E-state index is 0.440. The number of nitrogens with zero attached hydrogens (tertiary/aromatic N) is 1. The van der Waals surface area contributed by atoms with Crippen molar-refractivity contribution in [3.63, 3.8) is 0 Å². The molecule has 0 bridgehead atoms. The van der Waals surface area contributed by atoms with Crippen LogP contribution >= 0.6 is 15.9 Å². The van der Waals surface area contributed by atoms with Gasteiger partial charge in [0, 0.05) is 11.9 Å². The van der Waals surface area contributed by atoms with Crippen molar-refractivity contribution >= 4 is 21.6 Å². The lowest BCUT2D eigenvalue weighted by atomic mass is 10.0. The lowest BCUT2D eigenvalue weighted by Gasteiger charge is -2.07. The highest BCUT2D eigenvalue weighted by molar-refractivity contribution is 9.10. The minimum absolute atomic E-state index is 0.440. The number of halogens is 1. The molecule has 11 heavy (non-hydrogen) atoms. The van der Waals surface area contributed by atoms with Gasteiger partial charge in [0.1, 0.15) is 4.60 Å². The highest BCUT2D eigenvalue weighted by atomic mass is 79.9. The molecule has 0 atom stereocenters. The van der Waals surface area contributed by atoms with Crippen molar-refractivity contribution in [3.05, 3.63) is 22.4 Å². The van der Waals surface area contributed by atoms with Gasteiger partial charge < -0.3 is 5.73 Å². The van der Waals surface area contributed by atoms with E-state index in [4.69, 9.17) is 5.73 Å². The summed E-state index contributed by atoms with van der Waals surface area (Å²) < 4.78 is 0.791. The Balaban J connectivity index is 3.09. The van der Waals surface area contributed by atoms with Crippen molar-refractivity contribution in [2.75, 3.05) is 5.73 Å². The molecule has 0 spiro atoms. The first-order valence-corrected chi connectivity index (χ1v) is 4.31. The van der Waals surface area contributed by atoms with Crippen LogP contribution in [0.5, 0.6) is 0 Å². The quantitative estimate of drug-likeness (QED) is 0.731. The maximum absolute atomic E-state index is 5.75. The minimum Gasteiger partial charge on any atom is -0.398 e. The van der Waals surface area contributed by atoms with Gasteiger partial charge in [0.15, 0.2) is 0 Å². The van der Waals surface area contributed by atoms with Crippen LogP contribution in [0, 0.1) is 0 Å². The fourth-order valence-electron chi connectivity index (χ4n) is 0.937. The summed E-state index contributed by atoms with van der Waals surface area (Å²) in [5.41, 5.74) is 7.66. The Morgan fingerprint density at radius 3 is 2.64 bits per heavy atom. The summed E-state index contributed by atoms with van der Waals surface area (Å²) in [6.45, 7) is 4.20. The molecular weight excluding hydrogens is 204 g/mol. The first kappa shape index (κ1) is 8.53.